The molecule has 0 saturated heterocycles. The fraction of sp³-hybridized carbons (Fsp3) is 0.333. The maximum absolute atomic E-state index is 12.5. The number of carbonyl (C=O) groups excluding carboxylic acids is 3. The molecule has 9 nitrogen and oxygen atoms in total. The Bertz CT molecular complexity index is 1010. The van der Waals surface area contributed by atoms with Crippen molar-refractivity contribution in [3.05, 3.63) is 59.7 Å². The number of ether oxygens (including phenoxy) is 1. The van der Waals surface area contributed by atoms with Crippen LogP contribution in [0.5, 0.6) is 0 Å². The number of carbonyl (C=O) groups is 4. The second-order valence-corrected chi connectivity index (χ2v) is 8.08. The van der Waals surface area contributed by atoms with E-state index in [1.807, 2.05) is 48.5 Å². The van der Waals surface area contributed by atoms with Gasteiger partial charge in [0.05, 0.1) is 6.54 Å². The van der Waals surface area contributed by atoms with Crippen LogP contribution in [0.4, 0.5) is 4.79 Å². The molecule has 0 fully saturated rings. The first-order valence-electron chi connectivity index (χ1n) is 10.7. The Morgan fingerprint density at radius 1 is 0.909 bits per heavy atom. The topological polar surface area (TPSA) is 134 Å². The number of hydrogen-bond donors (Lipinski definition) is 4. The standard InChI is InChI=1S/C24H27N3O6/c1-14(2)22(23(31)26-11-20(28)25-12-21(29)30)27-24(32)33-13-19-17-9-5-3-7-15(17)16-8-4-6-10-18(16)19/h3-10,14,19,22H,11-13H2,1-2H3,(H,25,28)(H,26,31)(H,27,32)(H,29,30)/t22-/m0/s1. The van der Waals surface area contributed by atoms with Gasteiger partial charge in [-0.15, -0.1) is 0 Å². The SMILES string of the molecule is CC(C)[C@H](NC(=O)OCC1c2ccccc2-c2ccccc21)C(=O)NCC(=O)NCC(=O)O. The normalized spacial score (nSPS) is 12.9. The Labute approximate surface area is 191 Å². The highest BCUT2D eigenvalue weighted by atomic mass is 16.5. The van der Waals surface area contributed by atoms with Gasteiger partial charge in [0, 0.05) is 5.92 Å². The van der Waals surface area contributed by atoms with Gasteiger partial charge in [0.1, 0.15) is 19.2 Å². The van der Waals surface area contributed by atoms with Crippen LogP contribution in [-0.4, -0.2) is 54.7 Å². The van der Waals surface area contributed by atoms with Gasteiger partial charge in [-0.25, -0.2) is 4.79 Å². The van der Waals surface area contributed by atoms with Gasteiger partial charge in [-0.1, -0.05) is 62.4 Å². The third kappa shape index (κ3) is 5.88. The lowest BCUT2D eigenvalue weighted by Gasteiger charge is -2.22. The molecule has 0 aliphatic heterocycles. The first kappa shape index (κ1) is 23.8. The number of hydrogen-bond acceptors (Lipinski definition) is 5. The molecule has 3 rings (SSSR count). The van der Waals surface area contributed by atoms with Gasteiger partial charge in [0.2, 0.25) is 11.8 Å². The smallest absolute Gasteiger partial charge is 0.407 e. The van der Waals surface area contributed by atoms with E-state index in [2.05, 4.69) is 16.0 Å². The van der Waals surface area contributed by atoms with E-state index < -0.39 is 43.0 Å². The van der Waals surface area contributed by atoms with Crippen LogP contribution < -0.4 is 16.0 Å². The van der Waals surface area contributed by atoms with E-state index in [0.29, 0.717) is 0 Å². The second-order valence-electron chi connectivity index (χ2n) is 8.08. The van der Waals surface area contributed by atoms with Gasteiger partial charge in [0.15, 0.2) is 0 Å². The highest BCUT2D eigenvalue weighted by Gasteiger charge is 2.30. The predicted octanol–water partition coefficient (Wildman–Crippen LogP) is 1.87. The minimum absolute atomic E-state index is 0.104. The summed E-state index contributed by atoms with van der Waals surface area (Å²) in [5, 5.41) is 15.7. The van der Waals surface area contributed by atoms with Crippen molar-refractivity contribution in [1.82, 2.24) is 16.0 Å². The zero-order chi connectivity index (χ0) is 24.0. The van der Waals surface area contributed by atoms with Crippen molar-refractivity contribution < 1.29 is 29.0 Å². The number of amides is 3. The number of benzene rings is 2. The molecule has 9 heteroatoms. The van der Waals surface area contributed by atoms with Crippen molar-refractivity contribution in [3.8, 4) is 11.1 Å². The van der Waals surface area contributed by atoms with Crippen molar-refractivity contribution in [3.63, 3.8) is 0 Å². The number of fused-ring (bicyclic) bond motifs is 3. The van der Waals surface area contributed by atoms with Gasteiger partial charge in [0.25, 0.3) is 0 Å². The van der Waals surface area contributed by atoms with Crippen molar-refractivity contribution in [2.75, 3.05) is 19.7 Å². The predicted molar refractivity (Wildman–Crippen MR) is 120 cm³/mol. The molecular formula is C24H27N3O6. The fourth-order valence-electron chi connectivity index (χ4n) is 3.82. The van der Waals surface area contributed by atoms with Crippen molar-refractivity contribution in [2.45, 2.75) is 25.8 Å². The van der Waals surface area contributed by atoms with Crippen molar-refractivity contribution in [2.24, 2.45) is 5.92 Å². The zero-order valence-corrected chi connectivity index (χ0v) is 18.5. The molecule has 0 unspecified atom stereocenters. The molecule has 0 heterocycles. The minimum Gasteiger partial charge on any atom is -0.480 e. The number of aliphatic carboxylic acids is 1. The lowest BCUT2D eigenvalue weighted by Crippen LogP contribution is -2.51. The average molecular weight is 453 g/mol. The average Bonchev–Trinajstić information content (AvgIpc) is 3.11. The summed E-state index contributed by atoms with van der Waals surface area (Å²) in [6, 6.07) is 15.0. The van der Waals surface area contributed by atoms with E-state index >= 15 is 0 Å². The summed E-state index contributed by atoms with van der Waals surface area (Å²) in [4.78, 5) is 47.1. The van der Waals surface area contributed by atoms with Gasteiger partial charge in [-0.2, -0.15) is 0 Å². The highest BCUT2D eigenvalue weighted by Crippen LogP contribution is 2.44. The molecule has 0 bridgehead atoms. The van der Waals surface area contributed by atoms with E-state index in [-0.39, 0.29) is 18.4 Å². The highest BCUT2D eigenvalue weighted by molar-refractivity contribution is 5.90. The monoisotopic (exact) mass is 453 g/mol. The van der Waals surface area contributed by atoms with Crippen LogP contribution in [0, 0.1) is 5.92 Å². The summed E-state index contributed by atoms with van der Waals surface area (Å²) in [6.07, 6.45) is -0.735. The van der Waals surface area contributed by atoms with Crippen LogP contribution in [0.3, 0.4) is 0 Å². The number of carboxylic acids is 1. The molecule has 4 N–H and O–H groups in total. The summed E-state index contributed by atoms with van der Waals surface area (Å²) in [6.45, 7) is 2.67. The summed E-state index contributed by atoms with van der Waals surface area (Å²) >= 11 is 0. The lowest BCUT2D eigenvalue weighted by molar-refractivity contribution is -0.137. The van der Waals surface area contributed by atoms with Crippen molar-refractivity contribution >= 4 is 23.9 Å². The molecule has 0 saturated carbocycles. The molecule has 0 aromatic heterocycles. The van der Waals surface area contributed by atoms with E-state index in [9.17, 15) is 19.2 Å². The molecule has 1 aliphatic rings. The third-order valence-electron chi connectivity index (χ3n) is 5.43. The van der Waals surface area contributed by atoms with E-state index in [1.54, 1.807) is 13.8 Å². The summed E-state index contributed by atoms with van der Waals surface area (Å²) in [5.74, 6) is -2.77. The summed E-state index contributed by atoms with van der Waals surface area (Å²) < 4.78 is 5.49. The van der Waals surface area contributed by atoms with Crippen LogP contribution >= 0.6 is 0 Å². The lowest BCUT2D eigenvalue weighted by atomic mass is 9.98. The Hall–Kier alpha value is -3.88. The first-order chi connectivity index (χ1) is 15.8. The molecule has 3 amide bonds. The van der Waals surface area contributed by atoms with Gasteiger partial charge in [-0.05, 0) is 28.2 Å². The Morgan fingerprint density at radius 3 is 2.03 bits per heavy atom. The summed E-state index contributed by atoms with van der Waals surface area (Å²) in [5.41, 5.74) is 4.39. The molecule has 2 aromatic carbocycles. The molecule has 0 radical (unpaired) electrons. The molecule has 33 heavy (non-hydrogen) atoms. The van der Waals surface area contributed by atoms with E-state index in [0.717, 1.165) is 22.3 Å². The first-order valence-corrected chi connectivity index (χ1v) is 10.7. The molecule has 1 aliphatic carbocycles. The van der Waals surface area contributed by atoms with E-state index in [4.69, 9.17) is 9.84 Å². The van der Waals surface area contributed by atoms with Crippen LogP contribution in [0.25, 0.3) is 11.1 Å². The summed E-state index contributed by atoms with van der Waals surface area (Å²) in [7, 11) is 0. The number of alkyl carbamates (subject to hydrolysis) is 1. The van der Waals surface area contributed by atoms with Crippen LogP contribution in [0.1, 0.15) is 30.9 Å². The van der Waals surface area contributed by atoms with Crippen LogP contribution in [-0.2, 0) is 19.1 Å². The molecule has 174 valence electrons. The van der Waals surface area contributed by atoms with Crippen LogP contribution in [0.2, 0.25) is 0 Å². The number of carboxylic acid groups (broad SMARTS) is 1. The fourth-order valence-corrected chi connectivity index (χ4v) is 3.82. The molecule has 1 atom stereocenters. The Kier molecular flexibility index (Phi) is 7.66. The molecule has 2 aromatic rings. The minimum atomic E-state index is -1.19. The quantitative estimate of drug-likeness (QED) is 0.458. The van der Waals surface area contributed by atoms with Gasteiger partial charge < -0.3 is 25.8 Å². The molecule has 0 spiro atoms. The van der Waals surface area contributed by atoms with Crippen LogP contribution in [0.15, 0.2) is 48.5 Å². The Balaban J connectivity index is 1.57. The van der Waals surface area contributed by atoms with E-state index in [1.165, 1.54) is 0 Å². The second kappa shape index (κ2) is 10.6. The maximum atomic E-state index is 12.5. The van der Waals surface area contributed by atoms with Gasteiger partial charge in [-0.3, -0.25) is 14.4 Å². The largest absolute Gasteiger partial charge is 0.480 e. The zero-order valence-electron chi connectivity index (χ0n) is 18.5. The number of nitrogens with one attached hydrogen (secondary N) is 3. The maximum Gasteiger partial charge on any atom is 0.407 e. The molecular weight excluding hydrogens is 426 g/mol. The van der Waals surface area contributed by atoms with Crippen molar-refractivity contribution in [1.29, 1.82) is 0 Å². The third-order valence-corrected chi connectivity index (χ3v) is 5.43. The number of rotatable bonds is 9. The van der Waals surface area contributed by atoms with Gasteiger partial charge >= 0.3 is 12.1 Å². The Morgan fingerprint density at radius 2 is 1.48 bits per heavy atom.